The Kier molecular flexibility index (Phi) is 5.15. The first-order chi connectivity index (χ1) is 10.9. The van der Waals surface area contributed by atoms with Gasteiger partial charge in [-0.2, -0.15) is 5.10 Å². The summed E-state index contributed by atoms with van der Waals surface area (Å²) in [5.41, 5.74) is -0.910. The van der Waals surface area contributed by atoms with Crippen LogP contribution in [0.2, 0.25) is 0 Å². The minimum absolute atomic E-state index is 0.0290. The summed E-state index contributed by atoms with van der Waals surface area (Å²) in [7, 11) is 0. The number of Topliss-reactive ketones (excluding diaryl/α,β-unsaturated/α-hetero) is 1. The van der Waals surface area contributed by atoms with Gasteiger partial charge in [-0.15, -0.1) is 0 Å². The number of carbonyl (C=O) groups is 2. The van der Waals surface area contributed by atoms with Crippen molar-refractivity contribution in [3.63, 3.8) is 0 Å². The summed E-state index contributed by atoms with van der Waals surface area (Å²) in [6, 6.07) is 4.67. The minimum atomic E-state index is -3.00. The molecule has 0 unspecified atom stereocenters. The van der Waals surface area contributed by atoms with Gasteiger partial charge in [0.25, 0.3) is 6.43 Å². The monoisotopic (exact) mass is 326 g/mol. The van der Waals surface area contributed by atoms with Crippen LogP contribution >= 0.6 is 0 Å². The van der Waals surface area contributed by atoms with E-state index < -0.39 is 36.2 Å². The van der Waals surface area contributed by atoms with Crippen molar-refractivity contribution in [1.82, 2.24) is 9.78 Å². The highest BCUT2D eigenvalue weighted by Crippen LogP contribution is 2.24. The molecule has 0 fully saturated rings. The second kappa shape index (κ2) is 7.08. The van der Waals surface area contributed by atoms with Gasteiger partial charge in [-0.25, -0.2) is 18.0 Å². The van der Waals surface area contributed by atoms with Crippen LogP contribution in [-0.4, -0.2) is 28.1 Å². The van der Waals surface area contributed by atoms with Gasteiger partial charge in [0, 0.05) is 5.56 Å². The number of nitrogens with zero attached hydrogens (tertiary/aromatic N) is 2. The topological polar surface area (TPSA) is 61.2 Å². The zero-order valence-electron chi connectivity index (χ0n) is 12.1. The van der Waals surface area contributed by atoms with Gasteiger partial charge in [-0.05, 0) is 31.2 Å². The fourth-order valence-electron chi connectivity index (χ4n) is 1.98. The number of ketones is 1. The first-order valence-corrected chi connectivity index (χ1v) is 6.73. The summed E-state index contributed by atoms with van der Waals surface area (Å²) in [6.07, 6.45) is -2.06. The van der Waals surface area contributed by atoms with Crippen molar-refractivity contribution >= 4 is 11.8 Å². The molecule has 1 aromatic carbocycles. The average Bonchev–Trinajstić information content (AvgIpc) is 2.92. The van der Waals surface area contributed by atoms with E-state index in [-0.39, 0.29) is 17.7 Å². The van der Waals surface area contributed by atoms with Crippen molar-refractivity contribution < 1.29 is 27.5 Å². The first-order valence-electron chi connectivity index (χ1n) is 6.73. The first kappa shape index (κ1) is 16.7. The molecule has 1 heterocycles. The highest BCUT2D eigenvalue weighted by Gasteiger charge is 2.26. The average molecular weight is 326 g/mol. The van der Waals surface area contributed by atoms with Crippen LogP contribution in [0.3, 0.4) is 0 Å². The van der Waals surface area contributed by atoms with E-state index in [4.69, 9.17) is 0 Å². The van der Waals surface area contributed by atoms with Crippen molar-refractivity contribution in [2.75, 3.05) is 6.61 Å². The molecule has 122 valence electrons. The van der Waals surface area contributed by atoms with E-state index in [0.29, 0.717) is 0 Å². The zero-order valence-corrected chi connectivity index (χ0v) is 12.1. The molecular weight excluding hydrogens is 313 g/mol. The van der Waals surface area contributed by atoms with Gasteiger partial charge in [-0.1, -0.05) is 0 Å². The maximum absolute atomic E-state index is 13.2. The molecule has 8 heteroatoms. The van der Waals surface area contributed by atoms with Crippen LogP contribution in [0.15, 0.2) is 30.5 Å². The molecule has 0 aliphatic heterocycles. The number of hydrogen-bond acceptors (Lipinski definition) is 4. The second-order valence-electron chi connectivity index (χ2n) is 4.55. The van der Waals surface area contributed by atoms with E-state index in [1.165, 1.54) is 12.1 Å². The predicted octanol–water partition coefficient (Wildman–Crippen LogP) is 3.02. The predicted molar refractivity (Wildman–Crippen MR) is 73.9 cm³/mol. The molecule has 0 aliphatic rings. The highest BCUT2D eigenvalue weighted by atomic mass is 19.3. The summed E-state index contributed by atoms with van der Waals surface area (Å²) in [4.78, 5) is 23.7. The van der Waals surface area contributed by atoms with Crippen LogP contribution in [0.1, 0.15) is 39.8 Å². The van der Waals surface area contributed by atoms with E-state index in [0.717, 1.165) is 23.0 Å². The third-order valence-electron chi connectivity index (χ3n) is 3.04. The number of halogens is 3. The number of benzene rings is 1. The van der Waals surface area contributed by atoms with Gasteiger partial charge in [-0.3, -0.25) is 9.48 Å². The number of rotatable bonds is 6. The molecule has 0 N–H and O–H groups in total. The van der Waals surface area contributed by atoms with Crippen molar-refractivity contribution in [2.24, 2.45) is 0 Å². The van der Waals surface area contributed by atoms with Gasteiger partial charge in [0.05, 0.1) is 12.8 Å². The normalized spacial score (nSPS) is 10.8. The molecule has 1 aromatic heterocycles. The van der Waals surface area contributed by atoms with Crippen molar-refractivity contribution in [2.45, 2.75) is 19.9 Å². The van der Waals surface area contributed by atoms with Crippen LogP contribution in [-0.2, 0) is 11.3 Å². The van der Waals surface area contributed by atoms with Crippen LogP contribution in [0.5, 0.6) is 0 Å². The third-order valence-corrected chi connectivity index (χ3v) is 3.04. The number of aromatic nitrogens is 2. The van der Waals surface area contributed by atoms with Gasteiger partial charge in [0.1, 0.15) is 23.6 Å². The van der Waals surface area contributed by atoms with Gasteiger partial charge in [0.2, 0.25) is 0 Å². The molecule has 0 spiro atoms. The molecule has 2 rings (SSSR count). The molecule has 0 radical (unpaired) electrons. The van der Waals surface area contributed by atoms with Crippen molar-refractivity contribution in [3.05, 3.63) is 53.1 Å². The molecule has 0 bridgehead atoms. The van der Waals surface area contributed by atoms with Crippen molar-refractivity contribution in [1.29, 1.82) is 0 Å². The molecule has 5 nitrogen and oxygen atoms in total. The van der Waals surface area contributed by atoms with Gasteiger partial charge < -0.3 is 4.74 Å². The van der Waals surface area contributed by atoms with Crippen LogP contribution in [0, 0.1) is 5.82 Å². The van der Waals surface area contributed by atoms with Gasteiger partial charge in [0.15, 0.2) is 5.78 Å². The molecule has 0 aliphatic carbocycles. The van der Waals surface area contributed by atoms with Gasteiger partial charge >= 0.3 is 5.97 Å². The lowest BCUT2D eigenvalue weighted by atomic mass is 10.1. The molecule has 2 aromatic rings. The Balaban J connectivity index is 2.27. The number of hydrogen-bond donors (Lipinski definition) is 0. The highest BCUT2D eigenvalue weighted by molar-refractivity contribution is 5.96. The fourth-order valence-corrected chi connectivity index (χ4v) is 1.98. The van der Waals surface area contributed by atoms with E-state index in [2.05, 4.69) is 9.84 Å². The second-order valence-corrected chi connectivity index (χ2v) is 4.55. The molecule has 0 saturated heterocycles. The standard InChI is InChI=1S/C15H13F3N2O3/c1-2-23-15(22)11-7-19-20(13(11)14(17)18)8-12(21)9-3-5-10(16)6-4-9/h3-7,14H,2,8H2,1H3. The largest absolute Gasteiger partial charge is 0.462 e. The summed E-state index contributed by atoms with van der Waals surface area (Å²) < 4.78 is 44.7. The summed E-state index contributed by atoms with van der Waals surface area (Å²) in [5.74, 6) is -1.98. The molecule has 23 heavy (non-hydrogen) atoms. The SMILES string of the molecule is CCOC(=O)c1cnn(CC(=O)c2ccc(F)cc2)c1C(F)F. The summed E-state index contributed by atoms with van der Waals surface area (Å²) in [6.45, 7) is 1.08. The van der Waals surface area contributed by atoms with Crippen molar-refractivity contribution in [3.8, 4) is 0 Å². The summed E-state index contributed by atoms with van der Waals surface area (Å²) >= 11 is 0. The third kappa shape index (κ3) is 3.77. The van der Waals surface area contributed by atoms with E-state index in [9.17, 15) is 22.8 Å². The summed E-state index contributed by atoms with van der Waals surface area (Å²) in [5, 5.41) is 3.66. The van der Waals surface area contributed by atoms with E-state index >= 15 is 0 Å². The van der Waals surface area contributed by atoms with E-state index in [1.807, 2.05) is 0 Å². The molecule has 0 amide bonds. The Hall–Kier alpha value is -2.64. The number of ether oxygens (including phenoxy) is 1. The lowest BCUT2D eigenvalue weighted by molar-refractivity contribution is 0.0512. The Morgan fingerprint density at radius 2 is 1.91 bits per heavy atom. The molecule has 0 saturated carbocycles. The molecule has 0 atom stereocenters. The quantitative estimate of drug-likeness (QED) is 0.605. The van der Waals surface area contributed by atoms with Crippen LogP contribution < -0.4 is 0 Å². The van der Waals surface area contributed by atoms with E-state index in [1.54, 1.807) is 6.92 Å². The number of esters is 1. The fraction of sp³-hybridized carbons (Fsp3) is 0.267. The minimum Gasteiger partial charge on any atom is -0.462 e. The lowest BCUT2D eigenvalue weighted by Crippen LogP contribution is -2.16. The zero-order chi connectivity index (χ0) is 17.0. The smallest absolute Gasteiger partial charge is 0.341 e. The Bertz CT molecular complexity index is 711. The Morgan fingerprint density at radius 3 is 2.48 bits per heavy atom. The Morgan fingerprint density at radius 1 is 1.26 bits per heavy atom. The number of alkyl halides is 2. The van der Waals surface area contributed by atoms with Crippen LogP contribution in [0.25, 0.3) is 0 Å². The molecular formula is C15H13F3N2O3. The Labute approximate surface area is 129 Å². The maximum atomic E-state index is 13.2. The number of carbonyl (C=O) groups excluding carboxylic acids is 2. The van der Waals surface area contributed by atoms with Crippen LogP contribution in [0.4, 0.5) is 13.2 Å². The lowest BCUT2D eigenvalue weighted by Gasteiger charge is -2.08. The maximum Gasteiger partial charge on any atom is 0.341 e.